The third kappa shape index (κ3) is 5.01. The zero-order valence-electron chi connectivity index (χ0n) is 10.7. The van der Waals surface area contributed by atoms with E-state index in [-0.39, 0.29) is 17.4 Å². The van der Waals surface area contributed by atoms with Crippen LogP contribution in [0.4, 0.5) is 0 Å². The summed E-state index contributed by atoms with van der Waals surface area (Å²) in [7, 11) is 0. The van der Waals surface area contributed by atoms with Gasteiger partial charge < -0.3 is 5.32 Å². The Morgan fingerprint density at radius 3 is 2.33 bits per heavy atom. The molecule has 0 rings (SSSR count). The van der Waals surface area contributed by atoms with Gasteiger partial charge in [0.15, 0.2) is 0 Å². The molecule has 1 radical (unpaired) electrons. The minimum absolute atomic E-state index is 0.0332. The van der Waals surface area contributed by atoms with E-state index in [2.05, 4.69) is 33.0 Å². The lowest BCUT2D eigenvalue weighted by Crippen LogP contribution is -2.43. The first-order chi connectivity index (χ1) is 6.82. The van der Waals surface area contributed by atoms with Gasteiger partial charge in [-0.05, 0) is 25.7 Å². The van der Waals surface area contributed by atoms with Gasteiger partial charge >= 0.3 is 0 Å². The van der Waals surface area contributed by atoms with Crippen molar-refractivity contribution < 1.29 is 4.79 Å². The molecule has 0 aromatic heterocycles. The lowest BCUT2D eigenvalue weighted by atomic mass is 9.84. The number of nitrogens with one attached hydrogen (secondary N) is 1. The maximum Gasteiger partial charge on any atom is 0.246 e. The molecule has 87 valence electrons. The highest BCUT2D eigenvalue weighted by molar-refractivity contribution is 5.92. The van der Waals surface area contributed by atoms with Gasteiger partial charge in [-0.3, -0.25) is 4.79 Å². The summed E-state index contributed by atoms with van der Waals surface area (Å²) in [4.78, 5) is 11.7. The van der Waals surface area contributed by atoms with Crippen LogP contribution in [-0.4, -0.2) is 11.9 Å². The monoisotopic (exact) mass is 210 g/mol. The Kier molecular flexibility index (Phi) is 5.63. The third-order valence-corrected chi connectivity index (χ3v) is 2.63. The molecule has 0 saturated heterocycles. The van der Waals surface area contributed by atoms with Crippen LogP contribution in [0.25, 0.3) is 0 Å². The molecule has 0 aromatic carbocycles. The minimum atomic E-state index is 0.0332. The van der Waals surface area contributed by atoms with Crippen LogP contribution in [-0.2, 0) is 4.79 Å². The zero-order valence-corrected chi connectivity index (χ0v) is 10.7. The number of hydrogen-bond donors (Lipinski definition) is 1. The maximum absolute atomic E-state index is 11.7. The van der Waals surface area contributed by atoms with Crippen molar-refractivity contribution in [3.05, 3.63) is 18.6 Å². The van der Waals surface area contributed by atoms with Gasteiger partial charge in [0.2, 0.25) is 5.91 Å². The van der Waals surface area contributed by atoms with Crippen LogP contribution in [0.5, 0.6) is 0 Å². The predicted molar refractivity (Wildman–Crippen MR) is 65.4 cm³/mol. The fourth-order valence-electron chi connectivity index (χ4n) is 1.33. The lowest BCUT2D eigenvalue weighted by molar-refractivity contribution is -0.118. The Hall–Kier alpha value is -0.790. The molecular weight excluding hydrogens is 186 g/mol. The van der Waals surface area contributed by atoms with E-state index in [4.69, 9.17) is 0 Å². The van der Waals surface area contributed by atoms with E-state index in [0.717, 1.165) is 18.4 Å². The average Bonchev–Trinajstić information content (AvgIpc) is 2.14. The van der Waals surface area contributed by atoms with Gasteiger partial charge in [0, 0.05) is 11.6 Å². The third-order valence-electron chi connectivity index (χ3n) is 2.63. The molecule has 0 aromatic rings. The van der Waals surface area contributed by atoms with Crippen LogP contribution in [0, 0.1) is 12.3 Å². The SMILES string of the molecule is [CH2]CCC(NC(=O)C(C)=CC)C(C)(C)C. The quantitative estimate of drug-likeness (QED) is 0.710. The number of amides is 1. The van der Waals surface area contributed by atoms with Crippen LogP contribution in [0.3, 0.4) is 0 Å². The Morgan fingerprint density at radius 2 is 2.00 bits per heavy atom. The molecule has 1 N–H and O–H groups in total. The number of allylic oxidation sites excluding steroid dienone is 1. The molecule has 0 saturated carbocycles. The molecule has 15 heavy (non-hydrogen) atoms. The zero-order chi connectivity index (χ0) is 12.1. The number of rotatable bonds is 4. The number of carbonyl (C=O) groups is 1. The second-order valence-electron chi connectivity index (χ2n) is 5.01. The summed E-state index contributed by atoms with van der Waals surface area (Å²) in [6, 6.07) is 0.192. The van der Waals surface area contributed by atoms with E-state index < -0.39 is 0 Å². The molecule has 2 heteroatoms. The average molecular weight is 210 g/mol. The van der Waals surface area contributed by atoms with E-state index in [9.17, 15) is 4.79 Å². The van der Waals surface area contributed by atoms with Crippen molar-refractivity contribution in [3.63, 3.8) is 0 Å². The highest BCUT2D eigenvalue weighted by Crippen LogP contribution is 2.23. The normalized spacial score (nSPS) is 14.9. The van der Waals surface area contributed by atoms with Crippen LogP contribution in [0.15, 0.2) is 11.6 Å². The van der Waals surface area contributed by atoms with Crippen LogP contribution in [0.1, 0.15) is 47.5 Å². The summed E-state index contributed by atoms with van der Waals surface area (Å²) in [5.41, 5.74) is 0.856. The van der Waals surface area contributed by atoms with Gasteiger partial charge in [0.25, 0.3) is 0 Å². The van der Waals surface area contributed by atoms with Crippen molar-refractivity contribution in [1.29, 1.82) is 0 Å². The minimum Gasteiger partial charge on any atom is -0.349 e. The molecule has 0 aliphatic rings. The second kappa shape index (κ2) is 5.94. The van der Waals surface area contributed by atoms with Crippen molar-refractivity contribution >= 4 is 5.91 Å². The molecule has 0 spiro atoms. The highest BCUT2D eigenvalue weighted by atomic mass is 16.1. The molecular formula is C13H24NO. The van der Waals surface area contributed by atoms with E-state index in [0.29, 0.717) is 0 Å². The van der Waals surface area contributed by atoms with Gasteiger partial charge in [-0.2, -0.15) is 0 Å². The van der Waals surface area contributed by atoms with Gasteiger partial charge in [-0.1, -0.05) is 40.2 Å². The molecule has 2 nitrogen and oxygen atoms in total. The Balaban J connectivity index is 4.49. The first-order valence-corrected chi connectivity index (χ1v) is 5.56. The molecule has 1 amide bonds. The molecule has 0 fully saturated rings. The van der Waals surface area contributed by atoms with Crippen molar-refractivity contribution in [1.82, 2.24) is 5.32 Å². The lowest BCUT2D eigenvalue weighted by Gasteiger charge is -2.31. The maximum atomic E-state index is 11.7. The molecule has 1 atom stereocenters. The van der Waals surface area contributed by atoms with Crippen molar-refractivity contribution in [2.75, 3.05) is 0 Å². The standard InChI is InChI=1S/C13H24NO/c1-7-9-11(13(4,5)6)14-12(15)10(3)8-2/h8,11H,1,7,9H2,2-6H3,(H,14,15). The first-order valence-electron chi connectivity index (χ1n) is 5.56. The van der Waals surface area contributed by atoms with Crippen molar-refractivity contribution in [2.45, 2.75) is 53.5 Å². The number of carbonyl (C=O) groups excluding carboxylic acids is 1. The van der Waals surface area contributed by atoms with E-state index in [1.807, 2.05) is 19.9 Å². The number of hydrogen-bond acceptors (Lipinski definition) is 1. The van der Waals surface area contributed by atoms with E-state index >= 15 is 0 Å². The summed E-state index contributed by atoms with van der Waals surface area (Å²) >= 11 is 0. The highest BCUT2D eigenvalue weighted by Gasteiger charge is 2.25. The van der Waals surface area contributed by atoms with Crippen molar-refractivity contribution in [3.8, 4) is 0 Å². The second-order valence-corrected chi connectivity index (χ2v) is 5.01. The Labute approximate surface area is 94.1 Å². The Bertz CT molecular complexity index is 235. The van der Waals surface area contributed by atoms with Crippen LogP contribution < -0.4 is 5.32 Å². The molecule has 0 aliphatic heterocycles. The fourth-order valence-corrected chi connectivity index (χ4v) is 1.33. The molecule has 0 heterocycles. The van der Waals surface area contributed by atoms with E-state index in [1.54, 1.807) is 0 Å². The summed E-state index contributed by atoms with van der Waals surface area (Å²) < 4.78 is 0. The summed E-state index contributed by atoms with van der Waals surface area (Å²) in [5.74, 6) is 0.0332. The molecule has 1 unspecified atom stereocenters. The fraction of sp³-hybridized carbons (Fsp3) is 0.692. The molecule has 0 aliphatic carbocycles. The summed E-state index contributed by atoms with van der Waals surface area (Å²) in [6.45, 7) is 14.0. The van der Waals surface area contributed by atoms with Crippen LogP contribution in [0.2, 0.25) is 0 Å². The van der Waals surface area contributed by atoms with Gasteiger partial charge in [-0.25, -0.2) is 0 Å². The molecule has 0 bridgehead atoms. The first kappa shape index (κ1) is 14.2. The smallest absolute Gasteiger partial charge is 0.246 e. The van der Waals surface area contributed by atoms with Crippen molar-refractivity contribution in [2.24, 2.45) is 5.41 Å². The topological polar surface area (TPSA) is 29.1 Å². The Morgan fingerprint density at radius 1 is 1.47 bits per heavy atom. The predicted octanol–water partition coefficient (Wildman–Crippen LogP) is 3.10. The van der Waals surface area contributed by atoms with Gasteiger partial charge in [0.1, 0.15) is 0 Å². The summed E-state index contributed by atoms with van der Waals surface area (Å²) in [6.07, 6.45) is 3.60. The van der Waals surface area contributed by atoms with Gasteiger partial charge in [-0.15, -0.1) is 0 Å². The largest absolute Gasteiger partial charge is 0.349 e. The van der Waals surface area contributed by atoms with Crippen LogP contribution >= 0.6 is 0 Å². The van der Waals surface area contributed by atoms with E-state index in [1.165, 1.54) is 0 Å². The summed E-state index contributed by atoms with van der Waals surface area (Å²) in [5, 5.41) is 3.06. The van der Waals surface area contributed by atoms with Gasteiger partial charge in [0.05, 0.1) is 0 Å².